The Labute approximate surface area is 209 Å². The lowest BCUT2D eigenvalue weighted by molar-refractivity contribution is -0.0802. The third-order valence-electron chi connectivity index (χ3n) is 6.78. The maximum atomic E-state index is 12.8. The average Bonchev–Trinajstić information content (AvgIpc) is 2.88. The fourth-order valence-corrected chi connectivity index (χ4v) is 4.89. The molecule has 3 aromatic rings. The van der Waals surface area contributed by atoms with Gasteiger partial charge in [0.25, 0.3) is 5.88 Å². The summed E-state index contributed by atoms with van der Waals surface area (Å²) >= 11 is 0. The topological polar surface area (TPSA) is 84.7 Å². The standard InChI is InChI=1S/C28H27N3O5/c1-2-9-28(17-33-18-28)10-7-19-5-6-22-20(13-19)8-12-31-23(22)14-25(30-27(31)32)34-15-21-16-35-26-24(36-21)4-3-11-29-26/h3-6,11,13-14,21H,2,8-9,12,15-18H2,1H3. The quantitative estimate of drug-likeness (QED) is 0.513. The van der Waals surface area contributed by atoms with Gasteiger partial charge < -0.3 is 18.9 Å². The lowest BCUT2D eigenvalue weighted by Crippen LogP contribution is -2.41. The molecule has 2 aromatic heterocycles. The van der Waals surface area contributed by atoms with Gasteiger partial charge in [0.05, 0.1) is 24.3 Å². The molecule has 1 atom stereocenters. The van der Waals surface area contributed by atoms with E-state index >= 15 is 0 Å². The first-order chi connectivity index (χ1) is 17.6. The second-order valence-electron chi connectivity index (χ2n) is 9.48. The molecule has 6 rings (SSSR count). The first kappa shape index (κ1) is 22.6. The maximum absolute atomic E-state index is 12.8. The molecule has 1 unspecified atom stereocenters. The highest BCUT2D eigenvalue weighted by molar-refractivity contribution is 5.68. The van der Waals surface area contributed by atoms with Gasteiger partial charge in [-0.1, -0.05) is 31.3 Å². The van der Waals surface area contributed by atoms with E-state index in [9.17, 15) is 4.79 Å². The van der Waals surface area contributed by atoms with Crippen molar-refractivity contribution in [3.05, 3.63) is 64.2 Å². The van der Waals surface area contributed by atoms with Crippen LogP contribution < -0.4 is 19.9 Å². The average molecular weight is 486 g/mol. The molecule has 0 spiro atoms. The van der Waals surface area contributed by atoms with Crippen LogP contribution in [0.4, 0.5) is 0 Å². The molecular formula is C28H27N3O5. The Kier molecular flexibility index (Phi) is 5.86. The number of ether oxygens (including phenoxy) is 4. The molecule has 0 radical (unpaired) electrons. The second-order valence-corrected chi connectivity index (χ2v) is 9.48. The van der Waals surface area contributed by atoms with Gasteiger partial charge in [-0.3, -0.25) is 4.57 Å². The zero-order chi connectivity index (χ0) is 24.5. The van der Waals surface area contributed by atoms with Gasteiger partial charge in [-0.15, -0.1) is 0 Å². The summed E-state index contributed by atoms with van der Waals surface area (Å²) < 4.78 is 24.6. The summed E-state index contributed by atoms with van der Waals surface area (Å²) in [5.74, 6) is 8.15. The largest absolute Gasteiger partial charge is 0.478 e. The minimum absolute atomic E-state index is 0.00580. The number of pyridine rings is 1. The first-order valence-electron chi connectivity index (χ1n) is 12.4. The Morgan fingerprint density at radius 2 is 2.17 bits per heavy atom. The van der Waals surface area contributed by atoms with Gasteiger partial charge in [0, 0.05) is 29.9 Å². The number of aromatic nitrogens is 3. The molecule has 1 fully saturated rings. The van der Waals surface area contributed by atoms with Crippen LogP contribution in [0.25, 0.3) is 11.3 Å². The summed E-state index contributed by atoms with van der Waals surface area (Å²) in [6, 6.07) is 11.6. The SMILES string of the molecule is CCCC1(C#Cc2ccc3c(c2)CCn2c-3cc(OCC3COc4ncccc4O3)nc2=O)COC1. The van der Waals surface area contributed by atoms with E-state index in [-0.39, 0.29) is 29.7 Å². The molecule has 0 bridgehead atoms. The van der Waals surface area contributed by atoms with E-state index in [1.807, 2.05) is 18.2 Å². The summed E-state index contributed by atoms with van der Waals surface area (Å²) in [5, 5.41) is 0. The van der Waals surface area contributed by atoms with Crippen LogP contribution in [0.1, 0.15) is 30.9 Å². The zero-order valence-electron chi connectivity index (χ0n) is 20.2. The van der Waals surface area contributed by atoms with E-state index in [4.69, 9.17) is 18.9 Å². The van der Waals surface area contributed by atoms with Gasteiger partial charge in [0.2, 0.25) is 5.88 Å². The summed E-state index contributed by atoms with van der Waals surface area (Å²) in [5.41, 5.74) is 3.63. The van der Waals surface area contributed by atoms with Crippen molar-refractivity contribution in [1.82, 2.24) is 14.5 Å². The van der Waals surface area contributed by atoms with Crippen molar-refractivity contribution in [2.45, 2.75) is 38.8 Å². The van der Waals surface area contributed by atoms with E-state index in [1.165, 1.54) is 5.56 Å². The molecule has 0 amide bonds. The molecule has 3 aliphatic heterocycles. The van der Waals surface area contributed by atoms with Crippen molar-refractivity contribution in [2.24, 2.45) is 5.41 Å². The highest BCUT2D eigenvalue weighted by Gasteiger charge is 2.35. The fraction of sp³-hybridized carbons (Fsp3) is 0.393. The number of aryl methyl sites for hydroxylation is 1. The van der Waals surface area contributed by atoms with Crippen molar-refractivity contribution in [1.29, 1.82) is 0 Å². The molecule has 0 N–H and O–H groups in total. The lowest BCUT2D eigenvalue weighted by atomic mass is 9.82. The lowest BCUT2D eigenvalue weighted by Gasteiger charge is -2.36. The van der Waals surface area contributed by atoms with Crippen LogP contribution >= 0.6 is 0 Å². The van der Waals surface area contributed by atoms with Crippen molar-refractivity contribution < 1.29 is 18.9 Å². The summed E-state index contributed by atoms with van der Waals surface area (Å²) in [6.45, 7) is 4.70. The molecule has 3 aliphatic rings. The van der Waals surface area contributed by atoms with Crippen molar-refractivity contribution in [3.8, 4) is 40.6 Å². The zero-order valence-corrected chi connectivity index (χ0v) is 20.2. The highest BCUT2D eigenvalue weighted by Crippen LogP contribution is 2.33. The molecule has 8 heteroatoms. The first-order valence-corrected chi connectivity index (χ1v) is 12.4. The maximum Gasteiger partial charge on any atom is 0.351 e. The highest BCUT2D eigenvalue weighted by atomic mass is 16.6. The smallest absolute Gasteiger partial charge is 0.351 e. The predicted molar refractivity (Wildman–Crippen MR) is 132 cm³/mol. The summed E-state index contributed by atoms with van der Waals surface area (Å²) in [7, 11) is 0. The Balaban J connectivity index is 1.21. The van der Waals surface area contributed by atoms with Gasteiger partial charge in [0.1, 0.15) is 13.2 Å². The van der Waals surface area contributed by atoms with Crippen LogP contribution in [0.15, 0.2) is 47.4 Å². The van der Waals surface area contributed by atoms with Crippen molar-refractivity contribution in [3.63, 3.8) is 0 Å². The van der Waals surface area contributed by atoms with E-state index in [2.05, 4.69) is 34.8 Å². The van der Waals surface area contributed by atoms with Crippen LogP contribution in [0, 0.1) is 17.3 Å². The van der Waals surface area contributed by atoms with Gasteiger partial charge in [0.15, 0.2) is 11.9 Å². The van der Waals surface area contributed by atoms with E-state index in [0.717, 1.165) is 36.1 Å². The van der Waals surface area contributed by atoms with Crippen molar-refractivity contribution >= 4 is 0 Å². The minimum Gasteiger partial charge on any atom is -0.478 e. The molecule has 0 saturated carbocycles. The molecule has 1 saturated heterocycles. The Morgan fingerprint density at radius 1 is 1.25 bits per heavy atom. The molecule has 5 heterocycles. The Bertz CT molecular complexity index is 1420. The van der Waals surface area contributed by atoms with Crippen LogP contribution in [-0.2, 0) is 17.7 Å². The van der Waals surface area contributed by atoms with Crippen LogP contribution in [-0.4, -0.2) is 47.1 Å². The number of rotatable bonds is 5. The third kappa shape index (κ3) is 4.31. The number of hydrogen-bond donors (Lipinski definition) is 0. The third-order valence-corrected chi connectivity index (χ3v) is 6.78. The Morgan fingerprint density at radius 3 is 3.00 bits per heavy atom. The van der Waals surface area contributed by atoms with Crippen molar-refractivity contribution in [2.75, 3.05) is 26.4 Å². The molecule has 36 heavy (non-hydrogen) atoms. The van der Waals surface area contributed by atoms with Gasteiger partial charge in [-0.05, 0) is 42.7 Å². The minimum atomic E-state index is -0.326. The van der Waals surface area contributed by atoms with Crippen LogP contribution in [0.3, 0.4) is 0 Å². The molecular weight excluding hydrogens is 458 g/mol. The number of hydrogen-bond acceptors (Lipinski definition) is 7. The predicted octanol–water partition coefficient (Wildman–Crippen LogP) is 3.25. The van der Waals surface area contributed by atoms with Gasteiger partial charge in [-0.2, -0.15) is 4.98 Å². The molecule has 8 nitrogen and oxygen atoms in total. The molecule has 1 aromatic carbocycles. The van der Waals surface area contributed by atoms with Gasteiger partial charge in [-0.25, -0.2) is 9.78 Å². The summed E-state index contributed by atoms with van der Waals surface area (Å²) in [6.07, 6.45) is 4.23. The second kappa shape index (κ2) is 9.32. The fourth-order valence-electron chi connectivity index (χ4n) is 4.89. The van der Waals surface area contributed by atoms with E-state index in [0.29, 0.717) is 38.0 Å². The number of fused-ring (bicyclic) bond motifs is 4. The number of nitrogens with zero attached hydrogens (tertiary/aromatic N) is 3. The monoisotopic (exact) mass is 485 g/mol. The molecule has 0 aliphatic carbocycles. The van der Waals surface area contributed by atoms with E-state index in [1.54, 1.807) is 22.9 Å². The summed E-state index contributed by atoms with van der Waals surface area (Å²) in [4.78, 5) is 21.0. The van der Waals surface area contributed by atoms with Gasteiger partial charge >= 0.3 is 5.69 Å². The van der Waals surface area contributed by atoms with Crippen LogP contribution in [0.5, 0.6) is 17.5 Å². The Hall–Kier alpha value is -3.83. The van der Waals surface area contributed by atoms with Crippen LogP contribution in [0.2, 0.25) is 0 Å². The normalized spacial score (nSPS) is 18.6. The number of benzene rings is 1. The molecule has 184 valence electrons. The van der Waals surface area contributed by atoms with E-state index < -0.39 is 0 Å².